The Morgan fingerprint density at radius 1 is 1.47 bits per heavy atom. The minimum Gasteiger partial charge on any atom is -0.468 e. The Labute approximate surface area is 89.3 Å². The van der Waals surface area contributed by atoms with Crippen molar-refractivity contribution in [3.05, 3.63) is 0 Å². The molecule has 0 N–H and O–H groups in total. The van der Waals surface area contributed by atoms with Crippen molar-refractivity contribution >= 4 is 11.9 Å². The van der Waals surface area contributed by atoms with Gasteiger partial charge in [-0.3, -0.25) is 14.5 Å². The third kappa shape index (κ3) is 2.68. The fourth-order valence-electron chi connectivity index (χ4n) is 1.62. The van der Waals surface area contributed by atoms with Crippen molar-refractivity contribution < 1.29 is 19.1 Å². The summed E-state index contributed by atoms with van der Waals surface area (Å²) in [6.45, 7) is 4.62. The predicted molar refractivity (Wildman–Crippen MR) is 53.2 cm³/mol. The van der Waals surface area contributed by atoms with E-state index >= 15 is 0 Å². The molecule has 15 heavy (non-hydrogen) atoms. The first-order valence-electron chi connectivity index (χ1n) is 5.15. The van der Waals surface area contributed by atoms with Crippen molar-refractivity contribution in [2.75, 3.05) is 20.3 Å². The van der Waals surface area contributed by atoms with Crippen LogP contribution in [0.25, 0.3) is 0 Å². The molecule has 0 amide bonds. The molecule has 1 rings (SSSR count). The molecule has 3 atom stereocenters. The highest BCUT2D eigenvalue weighted by molar-refractivity contribution is 5.82. The molecule has 1 heterocycles. The smallest absolute Gasteiger partial charge is 0.324 e. The van der Waals surface area contributed by atoms with Gasteiger partial charge in [0.25, 0.3) is 0 Å². The molecule has 0 aromatic carbocycles. The molecule has 0 aromatic heterocycles. The molecule has 1 unspecified atom stereocenters. The first-order valence-corrected chi connectivity index (χ1v) is 5.15. The summed E-state index contributed by atoms with van der Waals surface area (Å²) in [4.78, 5) is 24.5. The van der Waals surface area contributed by atoms with Crippen molar-refractivity contribution in [1.29, 1.82) is 0 Å². The number of rotatable bonds is 5. The SMILES string of the molecule is CCOC(=O)[C@H]1CN1[C@@H](CC)C(=O)OC. The summed E-state index contributed by atoms with van der Waals surface area (Å²) in [5.41, 5.74) is 0. The standard InChI is InChI=1S/C10H17NO4/c1-4-7(9(12)14-3)11-6-8(11)10(13)15-5-2/h7-8H,4-6H2,1-3H3/t7-,8+,11?/m0/s1. The Kier molecular flexibility index (Phi) is 4.08. The zero-order valence-corrected chi connectivity index (χ0v) is 9.36. The van der Waals surface area contributed by atoms with Gasteiger partial charge in [-0.2, -0.15) is 0 Å². The molecule has 1 aliphatic rings. The van der Waals surface area contributed by atoms with Gasteiger partial charge in [0.1, 0.15) is 12.1 Å². The Bertz CT molecular complexity index is 254. The monoisotopic (exact) mass is 215 g/mol. The van der Waals surface area contributed by atoms with Gasteiger partial charge in [-0.15, -0.1) is 0 Å². The largest absolute Gasteiger partial charge is 0.468 e. The third-order valence-corrected chi connectivity index (χ3v) is 2.47. The van der Waals surface area contributed by atoms with Gasteiger partial charge in [0.15, 0.2) is 0 Å². The normalized spacial score (nSPS) is 25.5. The predicted octanol–water partition coefficient (Wildman–Crippen LogP) is 0.185. The van der Waals surface area contributed by atoms with Crippen LogP contribution in [0.4, 0.5) is 0 Å². The first kappa shape index (κ1) is 12.0. The van der Waals surface area contributed by atoms with E-state index in [4.69, 9.17) is 4.74 Å². The minimum absolute atomic E-state index is 0.250. The number of nitrogens with zero attached hydrogens (tertiary/aromatic N) is 1. The number of hydrogen-bond acceptors (Lipinski definition) is 5. The highest BCUT2D eigenvalue weighted by Crippen LogP contribution is 2.25. The number of carbonyl (C=O) groups excluding carboxylic acids is 2. The summed E-state index contributed by atoms with van der Waals surface area (Å²) >= 11 is 0. The van der Waals surface area contributed by atoms with E-state index in [0.29, 0.717) is 19.6 Å². The molecule has 0 aliphatic carbocycles. The average Bonchev–Trinajstić information content (AvgIpc) is 2.99. The Hall–Kier alpha value is -1.10. The third-order valence-electron chi connectivity index (χ3n) is 2.47. The maximum Gasteiger partial charge on any atom is 0.324 e. The number of ether oxygens (including phenoxy) is 2. The van der Waals surface area contributed by atoms with E-state index < -0.39 is 0 Å². The van der Waals surface area contributed by atoms with Gasteiger partial charge in [-0.25, -0.2) is 0 Å². The van der Waals surface area contributed by atoms with E-state index in [2.05, 4.69) is 4.74 Å². The minimum atomic E-state index is -0.315. The van der Waals surface area contributed by atoms with E-state index in [1.807, 2.05) is 6.92 Å². The molecule has 0 saturated carbocycles. The van der Waals surface area contributed by atoms with Crippen molar-refractivity contribution in [2.45, 2.75) is 32.4 Å². The van der Waals surface area contributed by atoms with Crippen LogP contribution in [0, 0.1) is 0 Å². The Morgan fingerprint density at radius 3 is 2.60 bits per heavy atom. The van der Waals surface area contributed by atoms with Crippen LogP contribution in [-0.4, -0.2) is 49.2 Å². The quantitative estimate of drug-likeness (QED) is 0.484. The summed E-state index contributed by atoms with van der Waals surface area (Å²) in [7, 11) is 1.36. The summed E-state index contributed by atoms with van der Waals surface area (Å²) in [6, 6.07) is -0.571. The lowest BCUT2D eigenvalue weighted by Crippen LogP contribution is -2.32. The molecule has 0 spiro atoms. The molecular weight excluding hydrogens is 198 g/mol. The van der Waals surface area contributed by atoms with Crippen LogP contribution in [0.5, 0.6) is 0 Å². The summed E-state index contributed by atoms with van der Waals surface area (Å²) < 4.78 is 9.53. The fraction of sp³-hybridized carbons (Fsp3) is 0.800. The number of methoxy groups -OCH3 is 1. The second-order valence-electron chi connectivity index (χ2n) is 3.41. The van der Waals surface area contributed by atoms with Gasteiger partial charge in [-0.1, -0.05) is 6.92 Å². The van der Waals surface area contributed by atoms with E-state index in [-0.39, 0.29) is 24.0 Å². The van der Waals surface area contributed by atoms with Crippen LogP contribution in [0.2, 0.25) is 0 Å². The van der Waals surface area contributed by atoms with Gasteiger partial charge in [-0.05, 0) is 13.3 Å². The maximum atomic E-state index is 11.3. The lowest BCUT2D eigenvalue weighted by Gasteiger charge is -2.13. The number of esters is 2. The summed E-state index contributed by atoms with van der Waals surface area (Å²) in [5.74, 6) is -0.538. The number of carbonyl (C=O) groups is 2. The van der Waals surface area contributed by atoms with Gasteiger partial charge in [0.2, 0.25) is 0 Å². The van der Waals surface area contributed by atoms with Crippen molar-refractivity contribution in [2.24, 2.45) is 0 Å². The number of hydrogen-bond donors (Lipinski definition) is 0. The van der Waals surface area contributed by atoms with Crippen LogP contribution in [0.3, 0.4) is 0 Å². The molecule has 86 valence electrons. The van der Waals surface area contributed by atoms with E-state index in [9.17, 15) is 9.59 Å². The van der Waals surface area contributed by atoms with Gasteiger partial charge in [0.05, 0.1) is 13.7 Å². The molecule has 1 aliphatic heterocycles. The lowest BCUT2D eigenvalue weighted by atomic mass is 10.2. The van der Waals surface area contributed by atoms with Crippen LogP contribution in [-0.2, 0) is 19.1 Å². The van der Waals surface area contributed by atoms with E-state index in [1.54, 1.807) is 11.8 Å². The second kappa shape index (κ2) is 5.11. The summed E-state index contributed by atoms with van der Waals surface area (Å²) in [5, 5.41) is 0. The zero-order valence-electron chi connectivity index (χ0n) is 9.36. The van der Waals surface area contributed by atoms with E-state index in [1.165, 1.54) is 7.11 Å². The zero-order chi connectivity index (χ0) is 11.4. The fourth-order valence-corrected chi connectivity index (χ4v) is 1.62. The van der Waals surface area contributed by atoms with Crippen molar-refractivity contribution in [1.82, 2.24) is 4.90 Å². The average molecular weight is 215 g/mol. The van der Waals surface area contributed by atoms with Crippen LogP contribution < -0.4 is 0 Å². The van der Waals surface area contributed by atoms with Crippen molar-refractivity contribution in [3.8, 4) is 0 Å². The van der Waals surface area contributed by atoms with Gasteiger partial charge < -0.3 is 9.47 Å². The van der Waals surface area contributed by atoms with Crippen molar-refractivity contribution in [3.63, 3.8) is 0 Å². The van der Waals surface area contributed by atoms with E-state index in [0.717, 1.165) is 0 Å². The molecule has 1 fully saturated rings. The summed E-state index contributed by atoms with van der Waals surface area (Å²) in [6.07, 6.45) is 0.641. The molecule has 5 nitrogen and oxygen atoms in total. The molecule has 0 radical (unpaired) electrons. The second-order valence-corrected chi connectivity index (χ2v) is 3.41. The molecule has 1 saturated heterocycles. The highest BCUT2D eigenvalue weighted by atomic mass is 16.5. The van der Waals surface area contributed by atoms with Gasteiger partial charge >= 0.3 is 11.9 Å². The van der Waals surface area contributed by atoms with Gasteiger partial charge in [0, 0.05) is 6.54 Å². The molecule has 0 bridgehead atoms. The van der Waals surface area contributed by atoms with Crippen LogP contribution in [0.1, 0.15) is 20.3 Å². The molecule has 5 heteroatoms. The highest BCUT2D eigenvalue weighted by Gasteiger charge is 2.48. The van der Waals surface area contributed by atoms with Crippen LogP contribution in [0.15, 0.2) is 0 Å². The first-order chi connectivity index (χ1) is 7.15. The molecule has 0 aromatic rings. The Morgan fingerprint density at radius 2 is 2.13 bits per heavy atom. The topological polar surface area (TPSA) is 55.6 Å². The molecular formula is C10H17NO4. The van der Waals surface area contributed by atoms with Crippen LogP contribution >= 0.6 is 0 Å². The maximum absolute atomic E-state index is 11.3. The Balaban J connectivity index is 2.47. The lowest BCUT2D eigenvalue weighted by molar-refractivity contribution is -0.147.